The lowest BCUT2D eigenvalue weighted by atomic mass is 9.97. The van der Waals surface area contributed by atoms with Crippen molar-refractivity contribution in [2.24, 2.45) is 5.84 Å². The van der Waals surface area contributed by atoms with Crippen LogP contribution in [0.2, 0.25) is 0 Å². The van der Waals surface area contributed by atoms with Gasteiger partial charge in [-0.25, -0.2) is 15.8 Å². The van der Waals surface area contributed by atoms with Crippen molar-refractivity contribution in [3.8, 4) is 0 Å². The Hall–Kier alpha value is -1.20. The van der Waals surface area contributed by atoms with Crippen LogP contribution in [-0.4, -0.2) is 9.97 Å². The standard InChI is InChI=1S/C14H20N4S/c1-2-3-8-11-16-13(18-15)12-9-6-4-5-7-10(9)19-14(12)17-11/h2-8,15H2,1H3,(H,16,17,18). The van der Waals surface area contributed by atoms with Crippen molar-refractivity contribution in [1.82, 2.24) is 9.97 Å². The summed E-state index contributed by atoms with van der Waals surface area (Å²) in [6.07, 6.45) is 8.10. The predicted octanol–water partition coefficient (Wildman–Crippen LogP) is 3.20. The molecule has 0 bridgehead atoms. The molecule has 0 amide bonds. The molecule has 0 spiro atoms. The summed E-state index contributed by atoms with van der Waals surface area (Å²) < 4.78 is 0. The van der Waals surface area contributed by atoms with Crippen molar-refractivity contribution in [1.29, 1.82) is 0 Å². The Bertz CT molecular complexity index is 591. The van der Waals surface area contributed by atoms with Gasteiger partial charge in [0.25, 0.3) is 0 Å². The van der Waals surface area contributed by atoms with Crippen molar-refractivity contribution in [2.45, 2.75) is 51.9 Å². The minimum Gasteiger partial charge on any atom is -0.308 e. The predicted molar refractivity (Wildman–Crippen MR) is 80.5 cm³/mol. The zero-order chi connectivity index (χ0) is 13.2. The molecular formula is C14H20N4S. The van der Waals surface area contributed by atoms with Gasteiger partial charge in [0.05, 0.1) is 5.39 Å². The van der Waals surface area contributed by atoms with Gasteiger partial charge in [0.15, 0.2) is 5.82 Å². The van der Waals surface area contributed by atoms with E-state index < -0.39 is 0 Å². The summed E-state index contributed by atoms with van der Waals surface area (Å²) in [5.41, 5.74) is 4.21. The smallest absolute Gasteiger partial charge is 0.152 e. The average molecular weight is 276 g/mol. The molecule has 19 heavy (non-hydrogen) atoms. The molecule has 3 N–H and O–H groups in total. The fourth-order valence-corrected chi connectivity index (χ4v) is 4.03. The molecule has 0 unspecified atom stereocenters. The van der Waals surface area contributed by atoms with E-state index in [1.807, 2.05) is 11.3 Å². The van der Waals surface area contributed by atoms with E-state index in [0.717, 1.165) is 42.2 Å². The second kappa shape index (κ2) is 5.43. The molecule has 1 aliphatic rings. The fourth-order valence-electron chi connectivity index (χ4n) is 2.75. The Morgan fingerprint density at radius 1 is 1.26 bits per heavy atom. The monoisotopic (exact) mass is 276 g/mol. The number of aryl methyl sites for hydroxylation is 3. The number of thiophene rings is 1. The molecule has 2 aromatic heterocycles. The first-order valence-electron chi connectivity index (χ1n) is 7.11. The van der Waals surface area contributed by atoms with Crippen LogP contribution in [0.1, 0.15) is 48.9 Å². The van der Waals surface area contributed by atoms with E-state index in [1.165, 1.54) is 35.1 Å². The zero-order valence-electron chi connectivity index (χ0n) is 11.3. The van der Waals surface area contributed by atoms with Crippen LogP contribution in [0.4, 0.5) is 5.82 Å². The lowest BCUT2D eigenvalue weighted by molar-refractivity contribution is 0.700. The van der Waals surface area contributed by atoms with Gasteiger partial charge in [-0.3, -0.25) is 0 Å². The molecule has 0 fully saturated rings. The van der Waals surface area contributed by atoms with Gasteiger partial charge in [-0.2, -0.15) is 0 Å². The third-order valence-electron chi connectivity index (χ3n) is 3.75. The van der Waals surface area contributed by atoms with Gasteiger partial charge >= 0.3 is 0 Å². The number of nitrogen functional groups attached to an aromatic ring is 1. The number of rotatable bonds is 4. The Morgan fingerprint density at radius 2 is 2.11 bits per heavy atom. The molecule has 1 aliphatic carbocycles. The van der Waals surface area contributed by atoms with E-state index in [-0.39, 0.29) is 0 Å². The number of nitrogens with zero attached hydrogens (tertiary/aromatic N) is 2. The van der Waals surface area contributed by atoms with Crippen molar-refractivity contribution in [3.05, 3.63) is 16.3 Å². The van der Waals surface area contributed by atoms with Crippen LogP contribution in [0.3, 0.4) is 0 Å². The van der Waals surface area contributed by atoms with E-state index in [2.05, 4.69) is 17.3 Å². The highest BCUT2D eigenvalue weighted by Crippen LogP contribution is 2.38. The maximum atomic E-state index is 5.67. The minimum atomic E-state index is 0.815. The van der Waals surface area contributed by atoms with Crippen molar-refractivity contribution in [3.63, 3.8) is 0 Å². The van der Waals surface area contributed by atoms with Gasteiger partial charge < -0.3 is 5.43 Å². The molecular weight excluding hydrogens is 256 g/mol. The van der Waals surface area contributed by atoms with Gasteiger partial charge in [0, 0.05) is 11.3 Å². The van der Waals surface area contributed by atoms with E-state index in [4.69, 9.17) is 10.8 Å². The summed E-state index contributed by atoms with van der Waals surface area (Å²) in [6.45, 7) is 2.18. The van der Waals surface area contributed by atoms with Crippen molar-refractivity contribution >= 4 is 27.4 Å². The molecule has 2 aromatic rings. The lowest BCUT2D eigenvalue weighted by Crippen LogP contribution is -2.11. The third kappa shape index (κ3) is 2.32. The first-order chi connectivity index (χ1) is 9.33. The highest BCUT2D eigenvalue weighted by Gasteiger charge is 2.20. The third-order valence-corrected chi connectivity index (χ3v) is 4.94. The number of nitrogens with two attached hydrogens (primary N) is 1. The summed E-state index contributed by atoms with van der Waals surface area (Å²) in [4.78, 5) is 11.9. The Balaban J connectivity index is 2.11. The number of anilines is 1. The second-order valence-electron chi connectivity index (χ2n) is 5.13. The zero-order valence-corrected chi connectivity index (χ0v) is 12.1. The summed E-state index contributed by atoms with van der Waals surface area (Å²) in [6, 6.07) is 0. The van der Waals surface area contributed by atoms with Crippen LogP contribution >= 0.6 is 11.3 Å². The molecule has 0 saturated heterocycles. The molecule has 0 saturated carbocycles. The van der Waals surface area contributed by atoms with Crippen LogP contribution in [0, 0.1) is 0 Å². The maximum absolute atomic E-state index is 5.67. The Kier molecular flexibility index (Phi) is 3.66. The van der Waals surface area contributed by atoms with Crippen LogP contribution in [-0.2, 0) is 19.3 Å². The Labute approximate surface area is 117 Å². The summed E-state index contributed by atoms with van der Waals surface area (Å²) in [7, 11) is 0. The summed E-state index contributed by atoms with van der Waals surface area (Å²) >= 11 is 1.83. The normalized spacial score (nSPS) is 14.6. The van der Waals surface area contributed by atoms with Crippen LogP contribution in [0.25, 0.3) is 10.2 Å². The first-order valence-corrected chi connectivity index (χ1v) is 7.93. The van der Waals surface area contributed by atoms with E-state index in [0.29, 0.717) is 0 Å². The first kappa shape index (κ1) is 12.8. The highest BCUT2D eigenvalue weighted by molar-refractivity contribution is 7.19. The van der Waals surface area contributed by atoms with Crippen LogP contribution < -0.4 is 11.3 Å². The quantitative estimate of drug-likeness (QED) is 0.665. The number of unbranched alkanes of at least 4 members (excludes halogenated alkanes) is 1. The van der Waals surface area contributed by atoms with Gasteiger partial charge in [0.2, 0.25) is 0 Å². The number of nitrogens with one attached hydrogen (secondary N) is 1. The van der Waals surface area contributed by atoms with Gasteiger partial charge in [0.1, 0.15) is 10.7 Å². The van der Waals surface area contributed by atoms with Gasteiger partial charge in [-0.15, -0.1) is 11.3 Å². The molecule has 0 radical (unpaired) electrons. The number of hydrazine groups is 1. The molecule has 102 valence electrons. The Morgan fingerprint density at radius 3 is 2.89 bits per heavy atom. The van der Waals surface area contributed by atoms with Gasteiger partial charge in [-0.05, 0) is 37.7 Å². The second-order valence-corrected chi connectivity index (χ2v) is 6.21. The van der Waals surface area contributed by atoms with E-state index >= 15 is 0 Å². The van der Waals surface area contributed by atoms with Gasteiger partial charge in [-0.1, -0.05) is 13.3 Å². The van der Waals surface area contributed by atoms with Crippen molar-refractivity contribution in [2.75, 3.05) is 5.43 Å². The lowest BCUT2D eigenvalue weighted by Gasteiger charge is -2.11. The molecule has 0 atom stereocenters. The molecule has 0 aromatic carbocycles. The SMILES string of the molecule is CCCCc1nc(NN)c2c3c(sc2n1)CCCC3. The largest absolute Gasteiger partial charge is 0.308 e. The number of aromatic nitrogens is 2. The van der Waals surface area contributed by atoms with Crippen molar-refractivity contribution < 1.29 is 0 Å². The van der Waals surface area contributed by atoms with E-state index in [1.54, 1.807) is 0 Å². The maximum Gasteiger partial charge on any atom is 0.152 e. The molecule has 5 heteroatoms. The van der Waals surface area contributed by atoms with Crippen LogP contribution in [0.5, 0.6) is 0 Å². The number of hydrogen-bond donors (Lipinski definition) is 2. The summed E-state index contributed by atoms with van der Waals surface area (Å²) in [5, 5.41) is 1.17. The highest BCUT2D eigenvalue weighted by atomic mass is 32.1. The average Bonchev–Trinajstić information content (AvgIpc) is 2.82. The molecule has 0 aliphatic heterocycles. The van der Waals surface area contributed by atoms with Crippen LogP contribution in [0.15, 0.2) is 0 Å². The molecule has 4 nitrogen and oxygen atoms in total. The molecule has 2 heterocycles. The topological polar surface area (TPSA) is 63.8 Å². The number of hydrogen-bond acceptors (Lipinski definition) is 5. The van der Waals surface area contributed by atoms with E-state index in [9.17, 15) is 0 Å². The minimum absolute atomic E-state index is 0.815. The molecule has 3 rings (SSSR count). The summed E-state index contributed by atoms with van der Waals surface area (Å²) in [5.74, 6) is 7.40. The fraction of sp³-hybridized carbons (Fsp3) is 0.571. The number of fused-ring (bicyclic) bond motifs is 3.